The van der Waals surface area contributed by atoms with Gasteiger partial charge >= 0.3 is 0 Å². The summed E-state index contributed by atoms with van der Waals surface area (Å²) in [5.74, 6) is 3.82. The Morgan fingerprint density at radius 1 is 1.16 bits per heavy atom. The van der Waals surface area contributed by atoms with Gasteiger partial charge in [-0.2, -0.15) is 5.10 Å². The first kappa shape index (κ1) is 11.8. The summed E-state index contributed by atoms with van der Waals surface area (Å²) in [6, 6.07) is 0.666. The molecule has 1 aromatic rings. The highest BCUT2D eigenvalue weighted by Gasteiger charge is 2.48. The molecule has 4 nitrogen and oxygen atoms in total. The van der Waals surface area contributed by atoms with Crippen molar-refractivity contribution < 1.29 is 5.11 Å². The molecule has 104 valence electrons. The minimum Gasteiger partial charge on any atom is -0.394 e. The van der Waals surface area contributed by atoms with Gasteiger partial charge in [-0.3, -0.25) is 4.68 Å². The number of rotatable bonds is 4. The molecule has 4 heteroatoms. The summed E-state index contributed by atoms with van der Waals surface area (Å²) < 4.78 is 1.82. The van der Waals surface area contributed by atoms with Crippen molar-refractivity contribution in [1.82, 2.24) is 9.78 Å². The van der Waals surface area contributed by atoms with Gasteiger partial charge in [-0.25, -0.2) is 0 Å². The molecule has 0 aliphatic heterocycles. The van der Waals surface area contributed by atoms with Crippen molar-refractivity contribution in [2.24, 2.45) is 23.7 Å². The predicted octanol–water partition coefficient (Wildman–Crippen LogP) is 2.11. The van der Waals surface area contributed by atoms with Crippen LogP contribution in [-0.4, -0.2) is 27.5 Å². The number of aromatic nitrogens is 2. The molecule has 0 aromatic carbocycles. The molecule has 4 aliphatic carbocycles. The summed E-state index contributed by atoms with van der Waals surface area (Å²) in [5, 5.41) is 17.0. The lowest BCUT2D eigenvalue weighted by Gasteiger charge is -2.54. The second kappa shape index (κ2) is 4.51. The molecule has 4 fully saturated rings. The average molecular weight is 261 g/mol. The molecule has 0 spiro atoms. The van der Waals surface area contributed by atoms with Crippen LogP contribution < -0.4 is 5.32 Å². The van der Waals surface area contributed by atoms with Crippen LogP contribution >= 0.6 is 0 Å². The van der Waals surface area contributed by atoms with Crippen LogP contribution in [0.25, 0.3) is 0 Å². The molecule has 1 aromatic heterocycles. The second-order valence-electron chi connectivity index (χ2n) is 6.82. The number of nitrogens with zero attached hydrogens (tertiary/aromatic N) is 2. The largest absolute Gasteiger partial charge is 0.394 e. The van der Waals surface area contributed by atoms with Gasteiger partial charge in [0.2, 0.25) is 0 Å². The Balaban J connectivity index is 1.47. The van der Waals surface area contributed by atoms with Crippen molar-refractivity contribution in [3.8, 4) is 0 Å². The van der Waals surface area contributed by atoms with E-state index in [4.69, 9.17) is 5.11 Å². The lowest BCUT2D eigenvalue weighted by Crippen LogP contribution is -2.51. The lowest BCUT2D eigenvalue weighted by atomic mass is 9.54. The smallest absolute Gasteiger partial charge is 0.0728 e. The Kier molecular flexibility index (Phi) is 2.79. The van der Waals surface area contributed by atoms with Crippen molar-refractivity contribution in [2.75, 3.05) is 11.9 Å². The molecule has 5 rings (SSSR count). The van der Waals surface area contributed by atoms with E-state index in [0.717, 1.165) is 29.4 Å². The summed E-state index contributed by atoms with van der Waals surface area (Å²) in [5.41, 5.74) is 1.13. The minimum atomic E-state index is 0.152. The molecule has 0 unspecified atom stereocenters. The molecule has 1 heterocycles. The first-order valence-corrected chi connectivity index (χ1v) is 7.71. The zero-order chi connectivity index (χ0) is 12.8. The second-order valence-corrected chi connectivity index (χ2v) is 6.82. The molecule has 4 aliphatic rings. The Morgan fingerprint density at radius 2 is 1.84 bits per heavy atom. The summed E-state index contributed by atoms with van der Waals surface area (Å²) in [7, 11) is 0. The summed E-state index contributed by atoms with van der Waals surface area (Å²) in [4.78, 5) is 0. The molecule has 2 N–H and O–H groups in total. The number of aliphatic hydroxyl groups excluding tert-OH is 1. The third-order valence-electron chi connectivity index (χ3n) is 5.52. The van der Waals surface area contributed by atoms with E-state index in [9.17, 15) is 0 Å². The molecular weight excluding hydrogens is 238 g/mol. The van der Waals surface area contributed by atoms with Crippen LogP contribution in [0.3, 0.4) is 0 Å². The van der Waals surface area contributed by atoms with E-state index in [1.807, 2.05) is 17.1 Å². The normalized spacial score (nSPS) is 39.7. The van der Waals surface area contributed by atoms with Gasteiger partial charge < -0.3 is 10.4 Å². The monoisotopic (exact) mass is 261 g/mol. The average Bonchev–Trinajstić information content (AvgIpc) is 2.81. The van der Waals surface area contributed by atoms with E-state index in [1.165, 1.54) is 32.1 Å². The highest BCUT2D eigenvalue weighted by molar-refractivity contribution is 5.40. The van der Waals surface area contributed by atoms with E-state index in [2.05, 4.69) is 10.4 Å². The maximum Gasteiger partial charge on any atom is 0.0728 e. The van der Waals surface area contributed by atoms with Gasteiger partial charge in [0.1, 0.15) is 0 Å². The molecule has 0 radical (unpaired) electrons. The van der Waals surface area contributed by atoms with E-state index in [0.29, 0.717) is 12.6 Å². The van der Waals surface area contributed by atoms with Crippen LogP contribution in [0.1, 0.15) is 32.1 Å². The minimum absolute atomic E-state index is 0.152. The maximum atomic E-state index is 8.93. The number of aliphatic hydroxyl groups is 1. The molecule has 0 amide bonds. The highest BCUT2D eigenvalue weighted by atomic mass is 16.3. The molecular formula is C15H23N3O. The van der Waals surface area contributed by atoms with Crippen LogP contribution in [0, 0.1) is 23.7 Å². The van der Waals surface area contributed by atoms with Crippen LogP contribution in [0.2, 0.25) is 0 Å². The Hall–Kier alpha value is -1.03. The van der Waals surface area contributed by atoms with Gasteiger partial charge in [0.15, 0.2) is 0 Å². The van der Waals surface area contributed by atoms with E-state index in [-0.39, 0.29) is 6.61 Å². The zero-order valence-electron chi connectivity index (χ0n) is 11.3. The van der Waals surface area contributed by atoms with E-state index in [1.54, 1.807) is 0 Å². The van der Waals surface area contributed by atoms with Gasteiger partial charge in [0.05, 0.1) is 25.0 Å². The third-order valence-corrected chi connectivity index (χ3v) is 5.52. The van der Waals surface area contributed by atoms with Gasteiger partial charge in [0.25, 0.3) is 0 Å². The fraction of sp³-hybridized carbons (Fsp3) is 0.800. The number of hydrogen-bond donors (Lipinski definition) is 2. The predicted molar refractivity (Wildman–Crippen MR) is 73.8 cm³/mol. The van der Waals surface area contributed by atoms with Crippen molar-refractivity contribution in [2.45, 2.75) is 44.7 Å². The van der Waals surface area contributed by atoms with Crippen molar-refractivity contribution in [1.29, 1.82) is 0 Å². The van der Waals surface area contributed by atoms with Gasteiger partial charge in [0, 0.05) is 12.2 Å². The van der Waals surface area contributed by atoms with Crippen LogP contribution in [0.5, 0.6) is 0 Å². The van der Waals surface area contributed by atoms with E-state index < -0.39 is 0 Å². The van der Waals surface area contributed by atoms with Crippen LogP contribution in [0.15, 0.2) is 12.4 Å². The SMILES string of the molecule is OCCn1cc(NC2C3CC4CC(C3)CC2C4)cn1. The van der Waals surface area contributed by atoms with Crippen molar-refractivity contribution in [3.05, 3.63) is 12.4 Å². The molecule has 0 saturated heterocycles. The fourth-order valence-electron chi connectivity index (χ4n) is 5.02. The summed E-state index contributed by atoms with van der Waals surface area (Å²) in [6.45, 7) is 0.739. The number of nitrogens with one attached hydrogen (secondary N) is 1. The Morgan fingerprint density at radius 3 is 2.47 bits per heavy atom. The Bertz CT molecular complexity index is 428. The Labute approximate surface area is 114 Å². The number of hydrogen-bond acceptors (Lipinski definition) is 3. The quantitative estimate of drug-likeness (QED) is 0.873. The topological polar surface area (TPSA) is 50.1 Å². The first-order chi connectivity index (χ1) is 9.31. The lowest BCUT2D eigenvalue weighted by molar-refractivity contribution is 0.00754. The van der Waals surface area contributed by atoms with Gasteiger partial charge in [-0.05, 0) is 55.8 Å². The van der Waals surface area contributed by atoms with Crippen LogP contribution in [-0.2, 0) is 6.54 Å². The third kappa shape index (κ3) is 2.06. The maximum absolute atomic E-state index is 8.93. The summed E-state index contributed by atoms with van der Waals surface area (Å²) >= 11 is 0. The van der Waals surface area contributed by atoms with Crippen LogP contribution in [0.4, 0.5) is 5.69 Å². The number of anilines is 1. The first-order valence-electron chi connectivity index (χ1n) is 7.71. The highest BCUT2D eigenvalue weighted by Crippen LogP contribution is 2.54. The molecule has 0 atom stereocenters. The molecule has 4 saturated carbocycles. The van der Waals surface area contributed by atoms with Crippen molar-refractivity contribution in [3.63, 3.8) is 0 Å². The van der Waals surface area contributed by atoms with Gasteiger partial charge in [-0.1, -0.05) is 0 Å². The zero-order valence-corrected chi connectivity index (χ0v) is 11.3. The van der Waals surface area contributed by atoms with Crippen molar-refractivity contribution >= 4 is 5.69 Å². The summed E-state index contributed by atoms with van der Waals surface area (Å²) in [6.07, 6.45) is 11.2. The molecule has 19 heavy (non-hydrogen) atoms. The van der Waals surface area contributed by atoms with Gasteiger partial charge in [-0.15, -0.1) is 0 Å². The standard InChI is InChI=1S/C15H23N3O/c19-2-1-18-9-14(8-16-18)17-15-12-4-10-3-11(6-12)7-13(15)5-10/h8-13,15,17,19H,1-7H2. The molecule has 4 bridgehead atoms. The fourth-order valence-corrected chi connectivity index (χ4v) is 5.02. The van der Waals surface area contributed by atoms with E-state index >= 15 is 0 Å².